The van der Waals surface area contributed by atoms with Crippen molar-refractivity contribution >= 4 is 22.7 Å². The van der Waals surface area contributed by atoms with Gasteiger partial charge in [-0.25, -0.2) is 0 Å². The van der Waals surface area contributed by atoms with E-state index in [1.54, 1.807) is 23.5 Å². The van der Waals surface area contributed by atoms with Gasteiger partial charge in [0.15, 0.2) is 0 Å². The van der Waals surface area contributed by atoms with Crippen LogP contribution in [0.2, 0.25) is 0 Å². The van der Waals surface area contributed by atoms with Crippen LogP contribution >= 0.6 is 11.3 Å². The molecule has 0 saturated heterocycles. The van der Waals surface area contributed by atoms with Crippen LogP contribution in [0.15, 0.2) is 35.7 Å². The molecule has 2 rings (SSSR count). The average molecular weight is 306 g/mol. The number of nitro groups is 1. The molecule has 0 aliphatic carbocycles. The lowest BCUT2D eigenvalue weighted by Gasteiger charge is -2.20. The molecule has 0 aliphatic rings. The van der Waals surface area contributed by atoms with Crippen molar-refractivity contribution in [3.63, 3.8) is 0 Å². The topological polar surface area (TPSA) is 84.4 Å². The second-order valence-electron chi connectivity index (χ2n) is 4.64. The fraction of sp³-hybridized carbons (Fsp3) is 0.286. The van der Waals surface area contributed by atoms with Gasteiger partial charge in [0.05, 0.1) is 4.92 Å². The maximum absolute atomic E-state index is 10.9. The van der Waals surface area contributed by atoms with Gasteiger partial charge >= 0.3 is 0 Å². The van der Waals surface area contributed by atoms with Gasteiger partial charge < -0.3 is 5.43 Å². The van der Waals surface area contributed by atoms with Gasteiger partial charge in [-0.3, -0.25) is 20.9 Å². The third kappa shape index (κ3) is 4.01. The number of hydrogen-bond donors (Lipinski definition) is 2. The summed E-state index contributed by atoms with van der Waals surface area (Å²) in [5, 5.41) is 12.9. The number of thiophene rings is 1. The van der Waals surface area contributed by atoms with Gasteiger partial charge in [-0.2, -0.15) is 0 Å². The summed E-state index contributed by atoms with van der Waals surface area (Å²) < 4.78 is 0. The molecule has 7 heteroatoms. The molecule has 0 fully saturated rings. The molecule has 0 bridgehead atoms. The lowest BCUT2D eigenvalue weighted by Crippen LogP contribution is -2.22. The molecule has 0 aliphatic heterocycles. The third-order valence-electron chi connectivity index (χ3n) is 3.23. The van der Waals surface area contributed by atoms with E-state index in [9.17, 15) is 10.1 Å². The highest BCUT2D eigenvalue weighted by Gasteiger charge is 2.14. The van der Waals surface area contributed by atoms with Crippen LogP contribution in [0.4, 0.5) is 11.4 Å². The van der Waals surface area contributed by atoms with Crippen molar-refractivity contribution in [1.29, 1.82) is 0 Å². The van der Waals surface area contributed by atoms with Crippen molar-refractivity contribution in [2.24, 2.45) is 5.84 Å². The van der Waals surface area contributed by atoms with Gasteiger partial charge in [0.1, 0.15) is 5.69 Å². The fourth-order valence-electron chi connectivity index (χ4n) is 2.12. The number of nitro benzene ring substituents is 1. The lowest BCUT2D eigenvalue weighted by molar-refractivity contribution is -0.384. The number of hydrazine groups is 1. The van der Waals surface area contributed by atoms with Crippen molar-refractivity contribution in [2.75, 3.05) is 12.0 Å². The summed E-state index contributed by atoms with van der Waals surface area (Å²) >= 11 is 1.73. The molecule has 3 N–H and O–H groups in total. The molecule has 1 aromatic heterocycles. The molecular weight excluding hydrogens is 288 g/mol. The lowest BCUT2D eigenvalue weighted by atomic mass is 10.1. The van der Waals surface area contributed by atoms with Crippen LogP contribution in [-0.4, -0.2) is 16.4 Å². The molecule has 0 amide bonds. The molecule has 2 aromatic rings. The van der Waals surface area contributed by atoms with Crippen LogP contribution in [0.3, 0.4) is 0 Å². The molecule has 0 radical (unpaired) electrons. The molecule has 1 aromatic carbocycles. The monoisotopic (exact) mass is 306 g/mol. The summed E-state index contributed by atoms with van der Waals surface area (Å²) in [5.74, 6) is 5.36. The Hall–Kier alpha value is -1.96. The minimum atomic E-state index is -0.442. The number of rotatable bonds is 7. The number of nitrogens with zero attached hydrogens (tertiary/aromatic N) is 2. The van der Waals surface area contributed by atoms with Crippen LogP contribution in [0.25, 0.3) is 0 Å². The number of hydrogen-bond acceptors (Lipinski definition) is 6. The first-order valence-corrected chi connectivity index (χ1v) is 7.50. The van der Waals surface area contributed by atoms with E-state index in [-0.39, 0.29) is 5.69 Å². The summed E-state index contributed by atoms with van der Waals surface area (Å²) in [6.45, 7) is 4.60. The summed E-state index contributed by atoms with van der Waals surface area (Å²) in [4.78, 5) is 14.0. The zero-order valence-corrected chi connectivity index (χ0v) is 12.6. The van der Waals surface area contributed by atoms with Crippen molar-refractivity contribution in [2.45, 2.75) is 20.0 Å². The SMILES string of the molecule is CCN(Cc1ccc([N+](=O)[O-])c(NN)c1)Cc1cccs1. The first-order chi connectivity index (χ1) is 10.1. The summed E-state index contributed by atoms with van der Waals surface area (Å²) in [7, 11) is 0. The van der Waals surface area contributed by atoms with Gasteiger partial charge in [-0.05, 0) is 29.6 Å². The highest BCUT2D eigenvalue weighted by Crippen LogP contribution is 2.25. The quantitative estimate of drug-likeness (QED) is 0.467. The van der Waals surface area contributed by atoms with Gasteiger partial charge in [0.2, 0.25) is 0 Å². The largest absolute Gasteiger partial charge is 0.318 e. The molecule has 0 saturated carbocycles. The van der Waals surface area contributed by atoms with E-state index in [4.69, 9.17) is 5.84 Å². The van der Waals surface area contributed by atoms with Crippen molar-refractivity contribution in [3.05, 3.63) is 56.3 Å². The first-order valence-electron chi connectivity index (χ1n) is 6.62. The number of nitrogens with one attached hydrogen (secondary N) is 1. The van der Waals surface area contributed by atoms with Gasteiger partial charge in [0, 0.05) is 24.0 Å². The second-order valence-corrected chi connectivity index (χ2v) is 5.67. The maximum atomic E-state index is 10.9. The van der Waals surface area contributed by atoms with Crippen LogP contribution < -0.4 is 11.3 Å². The number of nitrogen functional groups attached to an aromatic ring is 1. The smallest absolute Gasteiger partial charge is 0.293 e. The standard InChI is InChI=1S/C14H18N4O2S/c1-2-17(10-12-4-3-7-21-12)9-11-5-6-14(18(19)20)13(8-11)16-15/h3-8,16H,2,9-10,15H2,1H3. The van der Waals surface area contributed by atoms with E-state index < -0.39 is 4.92 Å². The fourth-order valence-corrected chi connectivity index (χ4v) is 2.86. The molecule has 21 heavy (non-hydrogen) atoms. The van der Waals surface area contributed by atoms with Gasteiger partial charge in [0.25, 0.3) is 5.69 Å². The number of benzene rings is 1. The predicted molar refractivity (Wildman–Crippen MR) is 85.0 cm³/mol. The maximum Gasteiger partial charge on any atom is 0.293 e. The minimum absolute atomic E-state index is 0.0115. The average Bonchev–Trinajstić information content (AvgIpc) is 2.99. The highest BCUT2D eigenvalue weighted by molar-refractivity contribution is 7.09. The van der Waals surface area contributed by atoms with E-state index in [1.165, 1.54) is 10.9 Å². The third-order valence-corrected chi connectivity index (χ3v) is 4.09. The molecule has 112 valence electrons. The number of anilines is 1. The zero-order valence-electron chi connectivity index (χ0n) is 11.8. The van der Waals surface area contributed by atoms with E-state index >= 15 is 0 Å². The molecule has 0 unspecified atom stereocenters. The Kier molecular flexibility index (Phi) is 5.26. The van der Waals surface area contributed by atoms with Gasteiger partial charge in [-0.1, -0.05) is 19.1 Å². The molecule has 6 nitrogen and oxygen atoms in total. The van der Waals surface area contributed by atoms with E-state index in [1.807, 2.05) is 6.07 Å². The minimum Gasteiger partial charge on any atom is -0.318 e. The summed E-state index contributed by atoms with van der Waals surface area (Å²) in [6, 6.07) is 9.14. The van der Waals surface area contributed by atoms with Gasteiger partial charge in [-0.15, -0.1) is 11.3 Å². The predicted octanol–water partition coefficient (Wildman–Crippen LogP) is 2.96. The molecular formula is C14H18N4O2S. The highest BCUT2D eigenvalue weighted by atomic mass is 32.1. The normalized spacial score (nSPS) is 10.8. The molecule has 0 atom stereocenters. The Bertz CT molecular complexity index is 601. The summed E-state index contributed by atoms with van der Waals surface area (Å²) in [6.07, 6.45) is 0. The Morgan fingerprint density at radius 3 is 2.76 bits per heavy atom. The molecule has 1 heterocycles. The second kappa shape index (κ2) is 7.16. The number of nitrogens with two attached hydrogens (primary N) is 1. The Morgan fingerprint density at radius 2 is 2.19 bits per heavy atom. The van der Waals surface area contributed by atoms with Crippen LogP contribution in [0.1, 0.15) is 17.4 Å². The molecule has 0 spiro atoms. The van der Waals surface area contributed by atoms with E-state index in [2.05, 4.69) is 28.7 Å². The van der Waals surface area contributed by atoms with E-state index in [0.29, 0.717) is 5.69 Å². The van der Waals surface area contributed by atoms with Crippen molar-refractivity contribution in [1.82, 2.24) is 4.90 Å². The van der Waals surface area contributed by atoms with E-state index in [0.717, 1.165) is 25.2 Å². The summed E-state index contributed by atoms with van der Waals surface area (Å²) in [5.41, 5.74) is 3.71. The van der Waals surface area contributed by atoms with Crippen LogP contribution in [0.5, 0.6) is 0 Å². The van der Waals surface area contributed by atoms with Crippen molar-refractivity contribution in [3.8, 4) is 0 Å². The Morgan fingerprint density at radius 1 is 1.38 bits per heavy atom. The first kappa shape index (κ1) is 15.4. The van der Waals surface area contributed by atoms with Crippen LogP contribution in [0, 0.1) is 10.1 Å². The zero-order chi connectivity index (χ0) is 15.2. The van der Waals surface area contributed by atoms with Crippen LogP contribution in [-0.2, 0) is 13.1 Å². The van der Waals surface area contributed by atoms with Crippen molar-refractivity contribution < 1.29 is 4.92 Å². The Labute approximate surface area is 127 Å². The Balaban J connectivity index is 2.12.